The Morgan fingerprint density at radius 1 is 1.19 bits per heavy atom. The SMILES string of the molecule is CCOC(=O)/C=C1\C=C(OC2(C)CCCCC2)C=C(C#C[Si](C)(C)C)CC1. The number of allylic oxidation sites excluding steroid dienone is 4. The molecule has 0 unspecified atom stereocenters. The molecule has 1 fully saturated rings. The molecule has 0 N–H and O–H groups in total. The standard InChI is InChI=1S/C23H34O3Si/c1-6-25-22(24)18-20-11-10-19(12-15-27(3,4)5)16-21(17-20)26-23(2)13-8-7-9-14-23/h16-18H,6-11,13-14H2,1-5H3/b20-18-. The van der Waals surface area contributed by atoms with Gasteiger partial charge in [0.25, 0.3) is 0 Å². The molecule has 0 bridgehead atoms. The zero-order valence-electron chi connectivity index (χ0n) is 17.6. The summed E-state index contributed by atoms with van der Waals surface area (Å²) in [5, 5.41) is 0. The molecule has 27 heavy (non-hydrogen) atoms. The molecule has 0 heterocycles. The fourth-order valence-corrected chi connectivity index (χ4v) is 3.92. The topological polar surface area (TPSA) is 35.5 Å². The van der Waals surface area contributed by atoms with Gasteiger partial charge in [0.2, 0.25) is 0 Å². The minimum atomic E-state index is -1.44. The zero-order chi connectivity index (χ0) is 19.9. The number of carbonyl (C=O) groups excluding carboxylic acids is 1. The lowest BCUT2D eigenvalue weighted by Gasteiger charge is -2.34. The minimum absolute atomic E-state index is 0.128. The van der Waals surface area contributed by atoms with Crippen LogP contribution in [0.4, 0.5) is 0 Å². The van der Waals surface area contributed by atoms with Gasteiger partial charge in [-0.15, -0.1) is 5.54 Å². The van der Waals surface area contributed by atoms with Crippen LogP contribution in [0.1, 0.15) is 58.8 Å². The van der Waals surface area contributed by atoms with Crippen LogP contribution in [0.3, 0.4) is 0 Å². The Morgan fingerprint density at radius 3 is 2.52 bits per heavy atom. The summed E-state index contributed by atoms with van der Waals surface area (Å²) >= 11 is 0. The van der Waals surface area contributed by atoms with E-state index in [2.05, 4.69) is 44.1 Å². The van der Waals surface area contributed by atoms with Crippen LogP contribution in [0.25, 0.3) is 0 Å². The third-order valence-corrected chi connectivity index (χ3v) is 5.67. The van der Waals surface area contributed by atoms with E-state index in [9.17, 15) is 4.79 Å². The van der Waals surface area contributed by atoms with Crippen LogP contribution in [0.15, 0.2) is 35.1 Å². The van der Waals surface area contributed by atoms with E-state index in [4.69, 9.17) is 9.47 Å². The summed E-state index contributed by atoms with van der Waals surface area (Å²) in [6.07, 6.45) is 13.1. The van der Waals surface area contributed by atoms with Gasteiger partial charge in [0.15, 0.2) is 0 Å². The van der Waals surface area contributed by atoms with Gasteiger partial charge in [-0.05, 0) is 70.1 Å². The van der Waals surface area contributed by atoms with E-state index in [1.54, 1.807) is 6.08 Å². The molecule has 1 saturated carbocycles. The van der Waals surface area contributed by atoms with Crippen molar-refractivity contribution in [3.8, 4) is 11.5 Å². The lowest BCUT2D eigenvalue weighted by molar-refractivity contribution is -0.137. The Bertz CT molecular complexity index is 689. The number of ether oxygens (including phenoxy) is 2. The molecular formula is C23H34O3Si. The third kappa shape index (κ3) is 7.80. The highest BCUT2D eigenvalue weighted by atomic mass is 28.3. The first-order valence-corrected chi connectivity index (χ1v) is 13.7. The number of hydrogen-bond donors (Lipinski definition) is 0. The normalized spacial score (nSPS) is 21.3. The van der Waals surface area contributed by atoms with Crippen molar-refractivity contribution in [1.82, 2.24) is 0 Å². The molecule has 0 radical (unpaired) electrons. The van der Waals surface area contributed by atoms with Gasteiger partial charge in [0.1, 0.15) is 19.4 Å². The molecule has 0 amide bonds. The van der Waals surface area contributed by atoms with Crippen molar-refractivity contribution in [1.29, 1.82) is 0 Å². The quantitative estimate of drug-likeness (QED) is 0.269. The molecule has 0 aromatic heterocycles. The molecule has 2 aliphatic rings. The van der Waals surface area contributed by atoms with Gasteiger partial charge in [-0.2, -0.15) is 0 Å². The van der Waals surface area contributed by atoms with Crippen molar-refractivity contribution in [2.75, 3.05) is 6.61 Å². The molecule has 0 aliphatic heterocycles. The summed E-state index contributed by atoms with van der Waals surface area (Å²) in [6, 6.07) is 0. The van der Waals surface area contributed by atoms with Gasteiger partial charge < -0.3 is 9.47 Å². The molecule has 0 saturated heterocycles. The maximum absolute atomic E-state index is 11.9. The van der Waals surface area contributed by atoms with Crippen molar-refractivity contribution < 1.29 is 14.3 Å². The lowest BCUT2D eigenvalue weighted by atomic mass is 9.86. The first-order chi connectivity index (χ1) is 12.7. The number of rotatable bonds is 4. The predicted octanol–water partition coefficient (Wildman–Crippen LogP) is 5.70. The van der Waals surface area contributed by atoms with Gasteiger partial charge in [-0.3, -0.25) is 0 Å². The molecule has 2 aliphatic carbocycles. The van der Waals surface area contributed by atoms with E-state index in [0.29, 0.717) is 6.61 Å². The van der Waals surface area contributed by atoms with Crippen LogP contribution in [0.2, 0.25) is 19.6 Å². The molecule has 3 nitrogen and oxygen atoms in total. The van der Waals surface area contributed by atoms with Gasteiger partial charge in [-0.25, -0.2) is 4.79 Å². The van der Waals surface area contributed by atoms with Crippen molar-refractivity contribution in [3.63, 3.8) is 0 Å². The first kappa shape index (κ1) is 21.6. The minimum Gasteiger partial charge on any atom is -0.488 e. The monoisotopic (exact) mass is 386 g/mol. The molecule has 0 atom stereocenters. The largest absolute Gasteiger partial charge is 0.488 e. The average Bonchev–Trinajstić information content (AvgIpc) is 2.74. The van der Waals surface area contributed by atoms with Crippen LogP contribution in [-0.2, 0) is 14.3 Å². The maximum atomic E-state index is 11.9. The molecule has 148 valence electrons. The number of hydrogen-bond acceptors (Lipinski definition) is 3. The van der Waals surface area contributed by atoms with Crippen molar-refractivity contribution in [2.24, 2.45) is 0 Å². The Morgan fingerprint density at radius 2 is 1.89 bits per heavy atom. The summed E-state index contributed by atoms with van der Waals surface area (Å²) in [5.41, 5.74) is 5.37. The second-order valence-corrected chi connectivity index (χ2v) is 13.6. The van der Waals surface area contributed by atoms with Gasteiger partial charge >= 0.3 is 5.97 Å². The molecule has 4 heteroatoms. The smallest absolute Gasteiger partial charge is 0.331 e. The summed E-state index contributed by atoms with van der Waals surface area (Å²) in [7, 11) is -1.44. The highest BCUT2D eigenvalue weighted by Gasteiger charge is 2.29. The van der Waals surface area contributed by atoms with E-state index < -0.39 is 8.07 Å². The Kier molecular flexibility index (Phi) is 7.56. The van der Waals surface area contributed by atoms with Crippen LogP contribution in [0, 0.1) is 11.5 Å². The summed E-state index contributed by atoms with van der Waals surface area (Å²) in [6.45, 7) is 11.2. The Labute approximate surface area is 165 Å². The molecular weight excluding hydrogens is 352 g/mol. The van der Waals surface area contributed by atoms with Gasteiger partial charge in [0.05, 0.1) is 6.61 Å². The summed E-state index contributed by atoms with van der Waals surface area (Å²) < 4.78 is 11.6. The second-order valence-electron chi connectivity index (χ2n) is 8.80. The highest BCUT2D eigenvalue weighted by Crippen LogP contribution is 2.34. The fraction of sp³-hybridized carbons (Fsp3) is 0.609. The van der Waals surface area contributed by atoms with E-state index >= 15 is 0 Å². The third-order valence-electron chi connectivity index (χ3n) is 4.79. The van der Waals surface area contributed by atoms with E-state index in [1.807, 2.05) is 13.0 Å². The first-order valence-electron chi connectivity index (χ1n) is 10.2. The highest BCUT2D eigenvalue weighted by molar-refractivity contribution is 6.83. The predicted molar refractivity (Wildman–Crippen MR) is 114 cm³/mol. The molecule has 0 aromatic rings. The summed E-state index contributed by atoms with van der Waals surface area (Å²) in [4.78, 5) is 11.9. The van der Waals surface area contributed by atoms with Crippen LogP contribution >= 0.6 is 0 Å². The molecule has 0 aromatic carbocycles. The number of carbonyl (C=O) groups is 1. The second kappa shape index (κ2) is 9.46. The van der Waals surface area contributed by atoms with Gasteiger partial charge in [0, 0.05) is 11.6 Å². The average molecular weight is 387 g/mol. The fourth-order valence-electron chi connectivity index (χ4n) is 3.38. The van der Waals surface area contributed by atoms with Crippen molar-refractivity contribution >= 4 is 14.0 Å². The number of esters is 1. The Hall–Kier alpha value is -1.73. The van der Waals surface area contributed by atoms with Crippen molar-refractivity contribution in [3.05, 3.63) is 35.1 Å². The van der Waals surface area contributed by atoms with E-state index in [0.717, 1.165) is 42.6 Å². The van der Waals surface area contributed by atoms with Gasteiger partial charge in [-0.1, -0.05) is 32.0 Å². The van der Waals surface area contributed by atoms with Crippen LogP contribution in [-0.4, -0.2) is 26.3 Å². The van der Waals surface area contributed by atoms with E-state index in [-0.39, 0.29) is 11.6 Å². The summed E-state index contributed by atoms with van der Waals surface area (Å²) in [5.74, 6) is 3.93. The van der Waals surface area contributed by atoms with E-state index in [1.165, 1.54) is 19.3 Å². The van der Waals surface area contributed by atoms with Crippen LogP contribution < -0.4 is 0 Å². The molecule has 2 rings (SSSR count). The Balaban J connectivity index is 2.28. The molecule has 0 spiro atoms. The van der Waals surface area contributed by atoms with Crippen molar-refractivity contribution in [2.45, 2.75) is 84.0 Å². The lowest BCUT2D eigenvalue weighted by Crippen LogP contribution is -2.30. The maximum Gasteiger partial charge on any atom is 0.331 e. The van der Waals surface area contributed by atoms with Crippen LogP contribution in [0.5, 0.6) is 0 Å². The zero-order valence-corrected chi connectivity index (χ0v) is 18.6.